The van der Waals surface area contributed by atoms with Crippen LogP contribution in [0.3, 0.4) is 0 Å². The van der Waals surface area contributed by atoms with Crippen LogP contribution >= 0.6 is 0 Å². The molecule has 12 nitrogen and oxygen atoms in total. The summed E-state index contributed by atoms with van der Waals surface area (Å²) >= 11 is 0. The average molecular weight is 518 g/mol. The first-order chi connectivity index (χ1) is 17.6. The third-order valence-corrected chi connectivity index (χ3v) is 6.20. The molecule has 0 bridgehead atoms. The molecule has 0 aromatic heterocycles. The van der Waals surface area contributed by atoms with Gasteiger partial charge in [-0.1, -0.05) is 18.2 Å². The molecule has 0 aliphatic carbocycles. The number of ether oxygens (including phenoxy) is 4. The molecular weight excluding hydrogens is 492 g/mol. The Morgan fingerprint density at radius 3 is 2.35 bits per heavy atom. The minimum absolute atomic E-state index is 0.0157. The number of cyclic esters (lactones) is 1. The molecule has 2 saturated heterocycles. The van der Waals surface area contributed by atoms with Gasteiger partial charge in [0.2, 0.25) is 6.29 Å². The largest absolute Gasteiger partial charge is 0.508 e. The highest BCUT2D eigenvalue weighted by Gasteiger charge is 2.47. The van der Waals surface area contributed by atoms with E-state index < -0.39 is 61.3 Å². The third kappa shape index (κ3) is 5.24. The highest BCUT2D eigenvalue weighted by molar-refractivity contribution is 6.02. The summed E-state index contributed by atoms with van der Waals surface area (Å²) < 4.78 is 21.7. The van der Waals surface area contributed by atoms with Gasteiger partial charge in [-0.2, -0.15) is 0 Å². The number of aromatic hydroxyl groups is 1. The van der Waals surface area contributed by atoms with E-state index in [0.717, 1.165) is 0 Å². The number of aliphatic carboxylic acids is 1. The Bertz CT molecular complexity index is 1170. The molecule has 2 aliphatic heterocycles. The van der Waals surface area contributed by atoms with E-state index in [9.17, 15) is 40.2 Å². The van der Waals surface area contributed by atoms with Gasteiger partial charge in [-0.3, -0.25) is 4.79 Å². The lowest BCUT2D eigenvalue weighted by atomic mass is 9.90. The SMILES string of the molecule is COc1cc([C@@H]2OC(=O)/C(=C/c3ccc(O)cc3)[C@H]2C(=O)O)ccc1O[C@@H]1O[C@H](CO)[C@@H](O)[C@H](O)[C@H]1O. The first-order valence-corrected chi connectivity index (χ1v) is 11.2. The van der Waals surface area contributed by atoms with Crippen molar-refractivity contribution >= 4 is 18.0 Å². The van der Waals surface area contributed by atoms with E-state index in [-0.39, 0.29) is 28.4 Å². The number of aliphatic hydroxyl groups is 4. The zero-order valence-corrected chi connectivity index (χ0v) is 19.5. The summed E-state index contributed by atoms with van der Waals surface area (Å²) in [6.07, 6.45) is -7.31. The standard InChI is InChI=1S/C25H26O12/c1-34-16-9-12(4-7-15(16)35-25-21(30)20(29)19(28)17(10-26)36-25)22-18(23(31)32)14(24(33)37-22)8-11-2-5-13(27)6-3-11/h2-9,17-22,25-30H,10H2,1H3,(H,31,32)/b14-8+/t17-,18-,19-,20+,21-,22+,25-/m1/s1. The molecule has 2 aromatic carbocycles. The molecule has 0 radical (unpaired) electrons. The molecule has 0 amide bonds. The predicted molar refractivity (Wildman–Crippen MR) is 123 cm³/mol. The van der Waals surface area contributed by atoms with Crippen LogP contribution in [0.4, 0.5) is 0 Å². The lowest BCUT2D eigenvalue weighted by molar-refractivity contribution is -0.277. The lowest BCUT2D eigenvalue weighted by Crippen LogP contribution is -2.60. The number of phenols is 1. The second-order valence-electron chi connectivity index (χ2n) is 8.56. The van der Waals surface area contributed by atoms with Crippen LogP contribution in [0.2, 0.25) is 0 Å². The van der Waals surface area contributed by atoms with Gasteiger partial charge in [0, 0.05) is 0 Å². The number of carbonyl (C=O) groups excluding carboxylic acids is 1. The minimum Gasteiger partial charge on any atom is -0.508 e. The van der Waals surface area contributed by atoms with E-state index in [1.807, 2.05) is 0 Å². The van der Waals surface area contributed by atoms with Gasteiger partial charge in [-0.05, 0) is 41.5 Å². The molecular formula is C25H26O12. The van der Waals surface area contributed by atoms with Crippen molar-refractivity contribution in [3.63, 3.8) is 0 Å². The van der Waals surface area contributed by atoms with Crippen LogP contribution in [0, 0.1) is 5.92 Å². The monoisotopic (exact) mass is 518 g/mol. The van der Waals surface area contributed by atoms with Crippen molar-refractivity contribution in [3.8, 4) is 17.2 Å². The molecule has 2 aromatic rings. The number of hydrogen-bond donors (Lipinski definition) is 6. The van der Waals surface area contributed by atoms with Crippen molar-refractivity contribution in [1.29, 1.82) is 0 Å². The van der Waals surface area contributed by atoms with E-state index in [2.05, 4.69) is 0 Å². The van der Waals surface area contributed by atoms with E-state index in [4.69, 9.17) is 18.9 Å². The van der Waals surface area contributed by atoms with E-state index in [1.54, 1.807) is 0 Å². The second-order valence-corrected chi connectivity index (χ2v) is 8.56. The van der Waals surface area contributed by atoms with E-state index >= 15 is 0 Å². The molecule has 2 aliphatic rings. The molecule has 37 heavy (non-hydrogen) atoms. The van der Waals surface area contributed by atoms with Gasteiger partial charge >= 0.3 is 11.9 Å². The fourth-order valence-electron chi connectivity index (χ4n) is 4.21. The third-order valence-electron chi connectivity index (χ3n) is 6.20. The molecule has 6 N–H and O–H groups in total. The number of carbonyl (C=O) groups is 2. The summed E-state index contributed by atoms with van der Waals surface area (Å²) in [5.74, 6) is -3.32. The van der Waals surface area contributed by atoms with Crippen LogP contribution in [-0.4, -0.2) is 87.0 Å². The zero-order chi connectivity index (χ0) is 26.9. The zero-order valence-electron chi connectivity index (χ0n) is 19.5. The molecule has 12 heteroatoms. The summed E-state index contributed by atoms with van der Waals surface area (Å²) in [7, 11) is 1.31. The number of hydrogen-bond acceptors (Lipinski definition) is 11. The van der Waals surface area contributed by atoms with Crippen molar-refractivity contribution in [2.75, 3.05) is 13.7 Å². The van der Waals surface area contributed by atoms with Gasteiger partial charge in [-0.25, -0.2) is 4.79 Å². The molecule has 2 fully saturated rings. The van der Waals surface area contributed by atoms with Gasteiger partial charge in [0.15, 0.2) is 11.5 Å². The maximum Gasteiger partial charge on any atom is 0.335 e. The molecule has 4 rings (SSSR count). The number of methoxy groups -OCH3 is 1. The van der Waals surface area contributed by atoms with Crippen molar-refractivity contribution < 1.29 is 59.2 Å². The van der Waals surface area contributed by atoms with Crippen LogP contribution < -0.4 is 9.47 Å². The maximum atomic E-state index is 12.6. The molecule has 198 valence electrons. The minimum atomic E-state index is -1.65. The Morgan fingerprint density at radius 1 is 1.03 bits per heavy atom. The Kier molecular flexibility index (Phi) is 7.66. The van der Waals surface area contributed by atoms with Gasteiger partial charge in [-0.15, -0.1) is 0 Å². The lowest BCUT2D eigenvalue weighted by Gasteiger charge is -2.39. The van der Waals surface area contributed by atoms with Gasteiger partial charge in [0.25, 0.3) is 0 Å². The van der Waals surface area contributed by atoms with Gasteiger partial charge in [0.1, 0.15) is 42.2 Å². The number of carboxylic acid groups (broad SMARTS) is 1. The van der Waals surface area contributed by atoms with Crippen molar-refractivity contribution in [2.45, 2.75) is 36.8 Å². The summed E-state index contributed by atoms with van der Waals surface area (Å²) in [6.45, 7) is -0.634. The maximum absolute atomic E-state index is 12.6. The summed E-state index contributed by atoms with van der Waals surface area (Å²) in [6, 6.07) is 10.1. The summed E-state index contributed by atoms with van der Waals surface area (Å²) in [5.41, 5.74) is 0.703. The van der Waals surface area contributed by atoms with E-state index in [0.29, 0.717) is 5.56 Å². The Balaban J connectivity index is 1.61. The Morgan fingerprint density at radius 2 is 1.73 bits per heavy atom. The number of esters is 1. The van der Waals surface area contributed by atoms with Gasteiger partial charge in [0.05, 0.1) is 19.3 Å². The second kappa shape index (κ2) is 10.7. The number of aliphatic hydroxyl groups excluding tert-OH is 4. The van der Waals surface area contributed by atoms with Crippen LogP contribution in [-0.2, 0) is 19.1 Å². The van der Waals surface area contributed by atoms with Crippen LogP contribution in [0.15, 0.2) is 48.0 Å². The molecule has 7 atom stereocenters. The van der Waals surface area contributed by atoms with Crippen molar-refractivity contribution in [1.82, 2.24) is 0 Å². The highest BCUT2D eigenvalue weighted by atomic mass is 16.7. The molecule has 2 heterocycles. The quantitative estimate of drug-likeness (QED) is 0.212. The predicted octanol–water partition coefficient (Wildman–Crippen LogP) is -0.0382. The summed E-state index contributed by atoms with van der Waals surface area (Å²) in [4.78, 5) is 24.8. The summed E-state index contributed by atoms with van der Waals surface area (Å²) in [5, 5.41) is 58.9. The van der Waals surface area contributed by atoms with E-state index in [1.165, 1.54) is 55.7 Å². The van der Waals surface area contributed by atoms with Crippen LogP contribution in [0.1, 0.15) is 17.2 Å². The topological polar surface area (TPSA) is 192 Å². The first-order valence-electron chi connectivity index (χ1n) is 11.2. The van der Waals surface area contributed by atoms with Crippen LogP contribution in [0.25, 0.3) is 6.08 Å². The molecule has 0 unspecified atom stereocenters. The van der Waals surface area contributed by atoms with Crippen LogP contribution in [0.5, 0.6) is 17.2 Å². The molecule has 0 spiro atoms. The smallest absolute Gasteiger partial charge is 0.335 e. The fourth-order valence-corrected chi connectivity index (χ4v) is 4.21. The highest BCUT2D eigenvalue weighted by Crippen LogP contribution is 2.43. The van der Waals surface area contributed by atoms with Crippen molar-refractivity contribution in [2.24, 2.45) is 5.92 Å². The number of rotatable bonds is 7. The first kappa shape index (κ1) is 26.4. The Labute approximate surface area is 210 Å². The number of phenolic OH excluding ortho intramolecular Hbond substituents is 1. The Hall–Kier alpha value is -3.68. The number of carboxylic acids is 1. The normalized spacial score (nSPS) is 30.7. The van der Waals surface area contributed by atoms with Gasteiger partial charge < -0.3 is 49.6 Å². The average Bonchev–Trinajstić information content (AvgIpc) is 3.21. The van der Waals surface area contributed by atoms with Crippen molar-refractivity contribution in [3.05, 3.63) is 59.2 Å². The molecule has 0 saturated carbocycles. The number of benzene rings is 2. The fraction of sp³-hybridized carbons (Fsp3) is 0.360.